The Hall–Kier alpha value is -2.28. The van der Waals surface area contributed by atoms with Crippen LogP contribution in [0.2, 0.25) is 0 Å². The zero-order valence-corrected chi connectivity index (χ0v) is 13.4. The van der Waals surface area contributed by atoms with Crippen LogP contribution in [0.4, 0.5) is 5.69 Å². The number of hydrogen-bond donors (Lipinski definition) is 1. The van der Waals surface area contributed by atoms with Crippen LogP contribution >= 0.6 is 0 Å². The first kappa shape index (κ1) is 14.6. The first-order chi connectivity index (χ1) is 10.6. The molecule has 1 aromatic carbocycles. The smallest absolute Gasteiger partial charge is 0.0387 e. The van der Waals surface area contributed by atoms with Crippen molar-refractivity contribution in [3.63, 3.8) is 0 Å². The predicted molar refractivity (Wildman–Crippen MR) is 96.9 cm³/mol. The molecule has 0 aliphatic heterocycles. The predicted octanol–water partition coefficient (Wildman–Crippen LogP) is 5.75. The Kier molecular flexibility index (Phi) is 3.66. The number of hydrogen-bond acceptors (Lipinski definition) is 1. The normalized spacial score (nSPS) is 18.7. The maximum Gasteiger partial charge on any atom is 0.0387 e. The molecule has 1 nitrogen and oxygen atoms in total. The molecule has 2 aliphatic rings. The van der Waals surface area contributed by atoms with Crippen molar-refractivity contribution in [2.75, 3.05) is 5.32 Å². The third-order valence-electron chi connectivity index (χ3n) is 4.64. The topological polar surface area (TPSA) is 12.0 Å². The summed E-state index contributed by atoms with van der Waals surface area (Å²) in [6.07, 6.45) is 12.8. The number of fused-ring (bicyclic) bond motifs is 1. The Balaban J connectivity index is 2.00. The maximum atomic E-state index is 4.00. The molecule has 2 aliphatic carbocycles. The van der Waals surface area contributed by atoms with Crippen molar-refractivity contribution < 1.29 is 0 Å². The van der Waals surface area contributed by atoms with Crippen LogP contribution in [-0.4, -0.2) is 0 Å². The summed E-state index contributed by atoms with van der Waals surface area (Å²) < 4.78 is 0. The van der Waals surface area contributed by atoms with E-state index in [-0.39, 0.29) is 5.41 Å². The van der Waals surface area contributed by atoms with Crippen LogP contribution in [0, 0.1) is 0 Å². The molecule has 0 spiro atoms. The quantitative estimate of drug-likeness (QED) is 0.744. The van der Waals surface area contributed by atoms with Crippen molar-refractivity contribution in [1.29, 1.82) is 0 Å². The molecule has 3 rings (SSSR count). The largest absolute Gasteiger partial charge is 0.356 e. The van der Waals surface area contributed by atoms with Gasteiger partial charge < -0.3 is 5.32 Å². The van der Waals surface area contributed by atoms with Crippen LogP contribution in [0.3, 0.4) is 0 Å². The molecule has 112 valence electrons. The maximum absolute atomic E-state index is 4.00. The molecule has 0 aromatic heterocycles. The highest BCUT2D eigenvalue weighted by Crippen LogP contribution is 2.47. The Bertz CT molecular complexity index is 726. The summed E-state index contributed by atoms with van der Waals surface area (Å²) in [5.41, 5.74) is 7.36. The van der Waals surface area contributed by atoms with E-state index < -0.39 is 0 Å². The van der Waals surface area contributed by atoms with Gasteiger partial charge in [-0.15, -0.1) is 0 Å². The lowest BCUT2D eigenvalue weighted by Crippen LogP contribution is -2.16. The molecular weight excluding hydrogens is 266 g/mol. The van der Waals surface area contributed by atoms with Gasteiger partial charge in [0, 0.05) is 16.8 Å². The molecule has 22 heavy (non-hydrogen) atoms. The third-order valence-corrected chi connectivity index (χ3v) is 4.64. The molecular formula is C21H23N. The van der Waals surface area contributed by atoms with Gasteiger partial charge in [0.15, 0.2) is 0 Å². The fraction of sp³-hybridized carbons (Fsp3) is 0.238. The van der Waals surface area contributed by atoms with Crippen molar-refractivity contribution in [2.24, 2.45) is 0 Å². The van der Waals surface area contributed by atoms with Gasteiger partial charge in [-0.3, -0.25) is 0 Å². The average molecular weight is 289 g/mol. The van der Waals surface area contributed by atoms with Crippen molar-refractivity contribution in [1.82, 2.24) is 0 Å². The van der Waals surface area contributed by atoms with Gasteiger partial charge in [-0.1, -0.05) is 57.4 Å². The molecule has 0 fully saturated rings. The van der Waals surface area contributed by atoms with E-state index in [1.54, 1.807) is 0 Å². The molecule has 0 saturated heterocycles. The first-order valence-electron chi connectivity index (χ1n) is 7.86. The fourth-order valence-electron chi connectivity index (χ4n) is 3.46. The summed E-state index contributed by atoms with van der Waals surface area (Å²) in [7, 11) is 0. The molecule has 1 heteroatoms. The number of rotatable bonds is 4. The van der Waals surface area contributed by atoms with Crippen molar-refractivity contribution >= 4 is 11.3 Å². The molecule has 0 amide bonds. The van der Waals surface area contributed by atoms with Crippen molar-refractivity contribution in [2.45, 2.75) is 32.1 Å². The Labute approximate surface area is 133 Å². The molecule has 0 heterocycles. The Morgan fingerprint density at radius 2 is 1.95 bits per heavy atom. The van der Waals surface area contributed by atoms with E-state index >= 15 is 0 Å². The van der Waals surface area contributed by atoms with Crippen LogP contribution in [0.5, 0.6) is 0 Å². The third kappa shape index (κ3) is 2.27. The lowest BCUT2D eigenvalue weighted by Gasteiger charge is -2.23. The minimum Gasteiger partial charge on any atom is -0.356 e. The summed E-state index contributed by atoms with van der Waals surface area (Å²) in [5.74, 6) is 0. The summed E-state index contributed by atoms with van der Waals surface area (Å²) in [4.78, 5) is 0. The summed E-state index contributed by atoms with van der Waals surface area (Å²) in [5, 5.41) is 3.52. The van der Waals surface area contributed by atoms with E-state index in [4.69, 9.17) is 0 Å². The first-order valence-corrected chi connectivity index (χ1v) is 7.86. The SMILES string of the molecule is C=CC1=C(C=C)C(C)(C)c2cc(NC3=CCCC=C3)ccc21. The number of benzene rings is 1. The van der Waals surface area contributed by atoms with Crippen molar-refractivity contribution in [3.8, 4) is 0 Å². The minimum absolute atomic E-state index is 0.0327. The zero-order valence-electron chi connectivity index (χ0n) is 13.4. The van der Waals surface area contributed by atoms with Gasteiger partial charge in [0.1, 0.15) is 0 Å². The van der Waals surface area contributed by atoms with Gasteiger partial charge in [0.25, 0.3) is 0 Å². The molecule has 1 aromatic rings. The van der Waals surface area contributed by atoms with Crippen LogP contribution in [-0.2, 0) is 5.41 Å². The number of allylic oxidation sites excluding steroid dienone is 7. The lowest BCUT2D eigenvalue weighted by molar-refractivity contribution is 0.655. The molecule has 0 saturated carbocycles. The number of anilines is 1. The van der Waals surface area contributed by atoms with Crippen LogP contribution < -0.4 is 5.32 Å². The highest BCUT2D eigenvalue weighted by Gasteiger charge is 2.35. The van der Waals surface area contributed by atoms with Crippen LogP contribution in [0.1, 0.15) is 37.8 Å². The van der Waals surface area contributed by atoms with E-state index in [1.807, 2.05) is 12.2 Å². The Morgan fingerprint density at radius 3 is 2.59 bits per heavy atom. The van der Waals surface area contributed by atoms with E-state index in [9.17, 15) is 0 Å². The minimum atomic E-state index is -0.0327. The van der Waals surface area contributed by atoms with Gasteiger partial charge in [0.2, 0.25) is 0 Å². The van der Waals surface area contributed by atoms with E-state index in [0.29, 0.717) is 0 Å². The van der Waals surface area contributed by atoms with Gasteiger partial charge in [-0.25, -0.2) is 0 Å². The second kappa shape index (κ2) is 5.49. The Morgan fingerprint density at radius 1 is 1.14 bits per heavy atom. The summed E-state index contributed by atoms with van der Waals surface area (Å²) >= 11 is 0. The molecule has 0 radical (unpaired) electrons. The van der Waals surface area contributed by atoms with Gasteiger partial charge in [-0.2, -0.15) is 0 Å². The van der Waals surface area contributed by atoms with E-state index in [0.717, 1.165) is 18.5 Å². The standard InChI is InChI=1S/C21H23N/c1-5-17-18-13-12-16(22-15-10-8-7-9-11-15)14-20(18)21(3,4)19(17)6-2/h5-6,8,10-14,22H,1-2,7,9H2,3-4H3. The molecule has 1 N–H and O–H groups in total. The molecule has 0 bridgehead atoms. The second-order valence-electron chi connectivity index (χ2n) is 6.39. The number of nitrogens with one attached hydrogen (secondary N) is 1. The van der Waals surface area contributed by atoms with Gasteiger partial charge in [-0.05, 0) is 53.3 Å². The van der Waals surface area contributed by atoms with Gasteiger partial charge >= 0.3 is 0 Å². The zero-order chi connectivity index (χ0) is 15.7. The second-order valence-corrected chi connectivity index (χ2v) is 6.39. The highest BCUT2D eigenvalue weighted by atomic mass is 14.9. The monoisotopic (exact) mass is 289 g/mol. The average Bonchev–Trinajstić information content (AvgIpc) is 2.75. The molecule has 0 unspecified atom stereocenters. The summed E-state index contributed by atoms with van der Waals surface area (Å²) in [6, 6.07) is 6.60. The summed E-state index contributed by atoms with van der Waals surface area (Å²) in [6.45, 7) is 12.5. The lowest BCUT2D eigenvalue weighted by atomic mass is 9.81. The van der Waals surface area contributed by atoms with E-state index in [2.05, 4.69) is 68.7 Å². The molecule has 0 atom stereocenters. The van der Waals surface area contributed by atoms with Crippen LogP contribution in [0.25, 0.3) is 5.57 Å². The van der Waals surface area contributed by atoms with E-state index in [1.165, 1.54) is 28.0 Å². The fourth-order valence-corrected chi connectivity index (χ4v) is 3.46. The van der Waals surface area contributed by atoms with Crippen LogP contribution in [0.15, 0.2) is 73.0 Å². The van der Waals surface area contributed by atoms with Crippen molar-refractivity contribution in [3.05, 3.63) is 84.1 Å². The highest BCUT2D eigenvalue weighted by molar-refractivity contribution is 5.88. The van der Waals surface area contributed by atoms with Gasteiger partial charge in [0.05, 0.1) is 0 Å².